The van der Waals surface area contributed by atoms with Gasteiger partial charge in [-0.25, -0.2) is 4.79 Å². The van der Waals surface area contributed by atoms with Crippen molar-refractivity contribution < 1.29 is 9.53 Å². The molecule has 7 heteroatoms. The van der Waals surface area contributed by atoms with Crippen molar-refractivity contribution in [2.45, 2.75) is 0 Å². The van der Waals surface area contributed by atoms with Crippen molar-refractivity contribution in [2.75, 3.05) is 7.11 Å². The summed E-state index contributed by atoms with van der Waals surface area (Å²) in [6.45, 7) is 0. The number of carbonyl (C=O) groups excluding carboxylic acids is 1. The average molecular weight is 351 g/mol. The number of hydrogen-bond donors (Lipinski definition) is 0. The molecule has 0 aliphatic heterocycles. The summed E-state index contributed by atoms with van der Waals surface area (Å²) < 4.78 is 4.72. The molecule has 0 N–H and O–H groups in total. The normalized spacial score (nSPS) is 10.4. The Balaban J connectivity index is 2.77. The fourth-order valence-electron chi connectivity index (χ4n) is 1.70. The standard InChI is InChI=1S/C13H7Cl4NO2/c1-20-13(19)11-8(4-18-5-10(11)16)7-2-6(14)3-9(15)12(7)17/h2-5H,1H3. The van der Waals surface area contributed by atoms with E-state index in [1.165, 1.54) is 25.6 Å². The topological polar surface area (TPSA) is 39.2 Å². The Morgan fingerprint density at radius 2 is 1.75 bits per heavy atom. The molecule has 1 aromatic carbocycles. The van der Waals surface area contributed by atoms with Crippen molar-refractivity contribution in [3.8, 4) is 11.1 Å². The number of benzene rings is 1. The lowest BCUT2D eigenvalue weighted by Gasteiger charge is -2.12. The molecule has 104 valence electrons. The van der Waals surface area contributed by atoms with Gasteiger partial charge in [-0.3, -0.25) is 4.98 Å². The molecule has 0 atom stereocenters. The van der Waals surface area contributed by atoms with Crippen molar-refractivity contribution in [1.29, 1.82) is 0 Å². The number of carbonyl (C=O) groups is 1. The zero-order chi connectivity index (χ0) is 14.9. The van der Waals surface area contributed by atoms with Crippen molar-refractivity contribution >= 4 is 52.4 Å². The van der Waals surface area contributed by atoms with Gasteiger partial charge in [0, 0.05) is 28.5 Å². The number of rotatable bonds is 2. The Kier molecular flexibility index (Phi) is 4.76. The minimum absolute atomic E-state index is 0.154. The van der Waals surface area contributed by atoms with Crippen LogP contribution in [0.15, 0.2) is 24.5 Å². The monoisotopic (exact) mass is 349 g/mol. The van der Waals surface area contributed by atoms with Crippen LogP contribution >= 0.6 is 46.4 Å². The quantitative estimate of drug-likeness (QED) is 0.555. The van der Waals surface area contributed by atoms with E-state index in [0.717, 1.165) is 0 Å². The Morgan fingerprint density at radius 1 is 1.05 bits per heavy atom. The third kappa shape index (κ3) is 2.86. The fourth-order valence-corrected chi connectivity index (χ4v) is 2.64. The number of esters is 1. The Hall–Kier alpha value is -1.000. The van der Waals surface area contributed by atoms with Gasteiger partial charge < -0.3 is 4.74 Å². The first-order valence-electron chi connectivity index (χ1n) is 5.32. The summed E-state index contributed by atoms with van der Waals surface area (Å²) in [6, 6.07) is 3.08. The Bertz CT molecular complexity index is 688. The van der Waals surface area contributed by atoms with Crippen LogP contribution < -0.4 is 0 Å². The van der Waals surface area contributed by atoms with E-state index in [9.17, 15) is 4.79 Å². The molecule has 1 heterocycles. The van der Waals surface area contributed by atoms with E-state index in [4.69, 9.17) is 51.1 Å². The molecule has 0 fully saturated rings. The van der Waals surface area contributed by atoms with Crippen LogP contribution in [0.25, 0.3) is 11.1 Å². The summed E-state index contributed by atoms with van der Waals surface area (Å²) in [5.74, 6) is -0.598. The molecule has 0 spiro atoms. The second kappa shape index (κ2) is 6.19. The SMILES string of the molecule is COC(=O)c1c(Cl)cncc1-c1cc(Cl)cc(Cl)c1Cl. The Labute approximate surface area is 135 Å². The van der Waals surface area contributed by atoms with Gasteiger partial charge >= 0.3 is 5.97 Å². The number of methoxy groups -OCH3 is 1. The van der Waals surface area contributed by atoms with Crippen molar-refractivity contribution in [3.63, 3.8) is 0 Å². The molecule has 0 saturated carbocycles. The molecular formula is C13H7Cl4NO2. The van der Waals surface area contributed by atoms with Crippen LogP contribution in [0, 0.1) is 0 Å². The highest BCUT2D eigenvalue weighted by atomic mass is 35.5. The molecule has 1 aromatic heterocycles. The zero-order valence-electron chi connectivity index (χ0n) is 10.1. The van der Waals surface area contributed by atoms with Gasteiger partial charge in [0.25, 0.3) is 0 Å². The first-order valence-corrected chi connectivity index (χ1v) is 6.83. The van der Waals surface area contributed by atoms with Gasteiger partial charge in [0.05, 0.1) is 27.7 Å². The number of hydrogen-bond acceptors (Lipinski definition) is 3. The summed E-state index contributed by atoms with van der Waals surface area (Å²) in [4.78, 5) is 15.8. The van der Waals surface area contributed by atoms with Crippen LogP contribution in [0.3, 0.4) is 0 Å². The number of nitrogens with zero attached hydrogens (tertiary/aromatic N) is 1. The van der Waals surface area contributed by atoms with E-state index >= 15 is 0 Å². The van der Waals surface area contributed by atoms with Gasteiger partial charge in [-0.15, -0.1) is 0 Å². The van der Waals surface area contributed by atoms with Crippen molar-refractivity contribution in [3.05, 3.63) is 50.2 Å². The van der Waals surface area contributed by atoms with E-state index in [-0.39, 0.29) is 20.6 Å². The predicted molar refractivity (Wildman–Crippen MR) is 81.1 cm³/mol. The second-order valence-corrected chi connectivity index (χ2v) is 5.41. The third-order valence-corrected chi connectivity index (χ3v) is 3.88. The van der Waals surface area contributed by atoms with Crippen molar-refractivity contribution in [2.24, 2.45) is 0 Å². The van der Waals surface area contributed by atoms with Gasteiger partial charge in [-0.2, -0.15) is 0 Å². The van der Waals surface area contributed by atoms with Crippen LogP contribution in [0.5, 0.6) is 0 Å². The largest absolute Gasteiger partial charge is 0.465 e. The highest BCUT2D eigenvalue weighted by Crippen LogP contribution is 2.39. The van der Waals surface area contributed by atoms with E-state index in [1.54, 1.807) is 6.07 Å². The summed E-state index contributed by atoms with van der Waals surface area (Å²) in [6.07, 6.45) is 2.80. The molecule has 0 saturated heterocycles. The van der Waals surface area contributed by atoms with Crippen LogP contribution in [-0.4, -0.2) is 18.1 Å². The number of aromatic nitrogens is 1. The summed E-state index contributed by atoms with van der Waals surface area (Å²) >= 11 is 24.1. The lowest BCUT2D eigenvalue weighted by molar-refractivity contribution is 0.0601. The molecule has 0 aliphatic rings. The minimum Gasteiger partial charge on any atom is -0.465 e. The van der Waals surface area contributed by atoms with E-state index in [2.05, 4.69) is 4.98 Å². The van der Waals surface area contributed by atoms with Gasteiger partial charge in [-0.05, 0) is 12.1 Å². The van der Waals surface area contributed by atoms with Gasteiger partial charge in [-0.1, -0.05) is 46.4 Å². The first kappa shape index (κ1) is 15.4. The third-order valence-electron chi connectivity index (χ3n) is 2.57. The molecule has 20 heavy (non-hydrogen) atoms. The molecule has 0 bridgehead atoms. The molecule has 0 unspecified atom stereocenters. The molecule has 0 aliphatic carbocycles. The van der Waals surface area contributed by atoms with Crippen LogP contribution in [0.4, 0.5) is 0 Å². The minimum atomic E-state index is -0.598. The molecule has 2 rings (SSSR count). The maximum absolute atomic E-state index is 11.9. The lowest BCUT2D eigenvalue weighted by atomic mass is 10.0. The smallest absolute Gasteiger partial charge is 0.340 e. The van der Waals surface area contributed by atoms with Gasteiger partial charge in [0.15, 0.2) is 0 Å². The van der Waals surface area contributed by atoms with Gasteiger partial charge in [0.1, 0.15) is 0 Å². The highest BCUT2D eigenvalue weighted by molar-refractivity contribution is 6.45. The van der Waals surface area contributed by atoms with Crippen LogP contribution in [-0.2, 0) is 4.74 Å². The van der Waals surface area contributed by atoms with Crippen LogP contribution in [0.2, 0.25) is 20.1 Å². The van der Waals surface area contributed by atoms with Crippen molar-refractivity contribution in [1.82, 2.24) is 4.98 Å². The second-order valence-electron chi connectivity index (χ2n) is 3.78. The van der Waals surface area contributed by atoms with E-state index in [0.29, 0.717) is 16.1 Å². The molecule has 0 radical (unpaired) electrons. The predicted octanol–water partition coefficient (Wildman–Crippen LogP) is 5.15. The Morgan fingerprint density at radius 3 is 2.40 bits per heavy atom. The number of halogens is 4. The fraction of sp³-hybridized carbons (Fsp3) is 0.0769. The zero-order valence-corrected chi connectivity index (χ0v) is 13.1. The van der Waals surface area contributed by atoms with E-state index < -0.39 is 5.97 Å². The summed E-state index contributed by atoms with van der Waals surface area (Å²) in [5, 5.41) is 1.06. The molecular weight excluding hydrogens is 344 g/mol. The first-order chi connectivity index (χ1) is 9.45. The van der Waals surface area contributed by atoms with E-state index in [1.807, 2.05) is 0 Å². The molecule has 2 aromatic rings. The number of pyridine rings is 1. The molecule has 0 amide bonds. The summed E-state index contributed by atoms with van der Waals surface area (Å²) in [7, 11) is 1.26. The maximum Gasteiger partial charge on any atom is 0.340 e. The lowest BCUT2D eigenvalue weighted by Crippen LogP contribution is -2.05. The highest BCUT2D eigenvalue weighted by Gasteiger charge is 2.20. The summed E-state index contributed by atoms with van der Waals surface area (Å²) in [5.41, 5.74) is 1.02. The number of ether oxygens (including phenoxy) is 1. The van der Waals surface area contributed by atoms with Gasteiger partial charge in [0.2, 0.25) is 0 Å². The average Bonchev–Trinajstić information content (AvgIpc) is 2.41. The maximum atomic E-state index is 11.9. The molecule has 3 nitrogen and oxygen atoms in total. The van der Waals surface area contributed by atoms with Crippen LogP contribution in [0.1, 0.15) is 10.4 Å².